The maximum absolute atomic E-state index is 12.5. The van der Waals surface area contributed by atoms with Gasteiger partial charge in [-0.05, 0) is 24.3 Å². The Morgan fingerprint density at radius 2 is 1.90 bits per heavy atom. The highest BCUT2D eigenvalue weighted by atomic mass is 35.5. The molecule has 0 bridgehead atoms. The standard InChI is InChI=1S/C20H15ClN4O4/c1-27-16-11-25(13-7-3-2-4-8-13)23-18(16)20(26)28-12-17-22-19(29-24-17)14-9-5-6-10-15(14)21/h2-11H,12H2,1H3. The van der Waals surface area contributed by atoms with E-state index in [2.05, 4.69) is 15.2 Å². The van der Waals surface area contributed by atoms with E-state index in [9.17, 15) is 4.79 Å². The van der Waals surface area contributed by atoms with Crippen LogP contribution >= 0.6 is 11.6 Å². The van der Waals surface area contributed by atoms with Gasteiger partial charge < -0.3 is 14.0 Å². The minimum atomic E-state index is -0.666. The zero-order valence-electron chi connectivity index (χ0n) is 15.3. The lowest BCUT2D eigenvalue weighted by atomic mass is 10.2. The maximum atomic E-state index is 12.5. The molecule has 146 valence electrons. The Kier molecular flexibility index (Phi) is 5.26. The van der Waals surface area contributed by atoms with Crippen LogP contribution in [0, 0.1) is 0 Å². The fourth-order valence-corrected chi connectivity index (χ4v) is 2.83. The number of aromatic nitrogens is 4. The van der Waals surface area contributed by atoms with Crippen molar-refractivity contribution < 1.29 is 18.8 Å². The molecule has 0 aliphatic heterocycles. The average Bonchev–Trinajstić information content (AvgIpc) is 3.40. The molecule has 2 aromatic heterocycles. The molecule has 0 saturated heterocycles. The zero-order chi connectivity index (χ0) is 20.2. The van der Waals surface area contributed by atoms with E-state index in [-0.39, 0.29) is 24.0 Å². The summed E-state index contributed by atoms with van der Waals surface area (Å²) >= 11 is 6.12. The van der Waals surface area contributed by atoms with Gasteiger partial charge in [-0.1, -0.05) is 47.1 Å². The molecule has 0 aliphatic rings. The molecule has 0 N–H and O–H groups in total. The molecule has 0 saturated carbocycles. The fraction of sp³-hybridized carbons (Fsp3) is 0.100. The third kappa shape index (κ3) is 3.97. The van der Waals surface area contributed by atoms with Crippen LogP contribution in [0.15, 0.2) is 65.3 Å². The van der Waals surface area contributed by atoms with Crippen molar-refractivity contribution in [3.63, 3.8) is 0 Å². The van der Waals surface area contributed by atoms with Gasteiger partial charge in [0.25, 0.3) is 5.89 Å². The average molecular weight is 411 g/mol. The van der Waals surface area contributed by atoms with Gasteiger partial charge in [0.1, 0.15) is 0 Å². The molecule has 29 heavy (non-hydrogen) atoms. The van der Waals surface area contributed by atoms with Crippen LogP contribution in [0.25, 0.3) is 17.1 Å². The number of nitrogens with zero attached hydrogens (tertiary/aromatic N) is 4. The first-order valence-corrected chi connectivity index (χ1v) is 8.97. The summed E-state index contributed by atoms with van der Waals surface area (Å²) in [5.74, 6) is 0.0756. The highest BCUT2D eigenvalue weighted by Crippen LogP contribution is 2.26. The number of carbonyl (C=O) groups is 1. The Bertz CT molecular complexity index is 1140. The number of carbonyl (C=O) groups excluding carboxylic acids is 1. The lowest BCUT2D eigenvalue weighted by molar-refractivity contribution is 0.0448. The van der Waals surface area contributed by atoms with E-state index in [1.165, 1.54) is 7.11 Å². The van der Waals surface area contributed by atoms with E-state index in [0.29, 0.717) is 16.3 Å². The number of esters is 1. The molecule has 0 radical (unpaired) electrons. The molecule has 0 unspecified atom stereocenters. The number of methoxy groups -OCH3 is 1. The number of halogens is 1. The first-order chi connectivity index (χ1) is 14.2. The molecule has 9 heteroatoms. The topological polar surface area (TPSA) is 92.3 Å². The first kappa shape index (κ1) is 18.7. The van der Waals surface area contributed by atoms with Crippen LogP contribution in [0.4, 0.5) is 0 Å². The van der Waals surface area contributed by atoms with Crippen molar-refractivity contribution in [2.45, 2.75) is 6.61 Å². The highest BCUT2D eigenvalue weighted by molar-refractivity contribution is 6.33. The Morgan fingerprint density at radius 3 is 2.66 bits per heavy atom. The van der Waals surface area contributed by atoms with Crippen molar-refractivity contribution in [1.82, 2.24) is 19.9 Å². The fourth-order valence-electron chi connectivity index (χ4n) is 2.62. The van der Waals surface area contributed by atoms with Gasteiger partial charge in [-0.15, -0.1) is 0 Å². The summed E-state index contributed by atoms with van der Waals surface area (Å²) in [5.41, 5.74) is 1.43. The van der Waals surface area contributed by atoms with Crippen LogP contribution in [0.5, 0.6) is 5.75 Å². The van der Waals surface area contributed by atoms with Crippen LogP contribution in [0.3, 0.4) is 0 Å². The molecule has 0 fully saturated rings. The lowest BCUT2D eigenvalue weighted by Crippen LogP contribution is -2.09. The number of ether oxygens (including phenoxy) is 2. The molecule has 0 spiro atoms. The normalized spacial score (nSPS) is 10.7. The van der Waals surface area contributed by atoms with Gasteiger partial charge in [0.2, 0.25) is 11.5 Å². The van der Waals surface area contributed by atoms with Crippen molar-refractivity contribution in [3.05, 3.63) is 77.3 Å². The SMILES string of the molecule is COc1cn(-c2ccccc2)nc1C(=O)OCc1noc(-c2ccccc2Cl)n1. The smallest absolute Gasteiger partial charge is 0.363 e. The Hall–Kier alpha value is -3.65. The lowest BCUT2D eigenvalue weighted by Gasteiger charge is -2.01. The molecule has 0 aliphatic carbocycles. The summed E-state index contributed by atoms with van der Waals surface area (Å²) < 4.78 is 17.3. The number of benzene rings is 2. The molecule has 2 aromatic carbocycles. The molecule has 0 amide bonds. The maximum Gasteiger partial charge on any atom is 0.363 e. The number of hydrogen-bond acceptors (Lipinski definition) is 7. The van der Waals surface area contributed by atoms with Crippen LogP contribution in [0.1, 0.15) is 16.3 Å². The van der Waals surface area contributed by atoms with Gasteiger partial charge in [-0.2, -0.15) is 10.1 Å². The molecular formula is C20H15ClN4O4. The van der Waals surface area contributed by atoms with Crippen molar-refractivity contribution in [2.75, 3.05) is 7.11 Å². The largest absolute Gasteiger partial charge is 0.493 e. The van der Waals surface area contributed by atoms with Crippen LogP contribution in [-0.4, -0.2) is 33.0 Å². The van der Waals surface area contributed by atoms with Crippen LogP contribution < -0.4 is 4.74 Å². The second-order valence-corrected chi connectivity index (χ2v) is 6.31. The molecule has 8 nitrogen and oxygen atoms in total. The zero-order valence-corrected chi connectivity index (χ0v) is 16.0. The highest BCUT2D eigenvalue weighted by Gasteiger charge is 2.21. The molecule has 0 atom stereocenters. The predicted octanol–water partition coefficient (Wildman–Crippen LogP) is 3.94. The van der Waals surface area contributed by atoms with Gasteiger partial charge >= 0.3 is 5.97 Å². The van der Waals surface area contributed by atoms with Crippen molar-refractivity contribution in [2.24, 2.45) is 0 Å². The Balaban J connectivity index is 1.48. The van der Waals surface area contributed by atoms with E-state index < -0.39 is 5.97 Å². The van der Waals surface area contributed by atoms with Crippen molar-refractivity contribution >= 4 is 17.6 Å². The van der Waals surface area contributed by atoms with Gasteiger partial charge in [-0.25, -0.2) is 9.48 Å². The minimum absolute atomic E-state index is 0.0474. The quantitative estimate of drug-likeness (QED) is 0.444. The molecule has 2 heterocycles. The number of hydrogen-bond donors (Lipinski definition) is 0. The summed E-state index contributed by atoms with van der Waals surface area (Å²) in [5, 5.41) is 8.56. The van der Waals surface area contributed by atoms with Gasteiger partial charge in [0, 0.05) is 0 Å². The van der Waals surface area contributed by atoms with E-state index in [0.717, 1.165) is 5.69 Å². The van der Waals surface area contributed by atoms with Crippen molar-refractivity contribution in [3.8, 4) is 22.9 Å². The Labute approximate surface area is 170 Å². The summed E-state index contributed by atoms with van der Waals surface area (Å²) in [4.78, 5) is 16.7. The van der Waals surface area contributed by atoms with Gasteiger partial charge in [-0.3, -0.25) is 0 Å². The monoisotopic (exact) mass is 410 g/mol. The first-order valence-electron chi connectivity index (χ1n) is 8.59. The second-order valence-electron chi connectivity index (χ2n) is 5.90. The minimum Gasteiger partial charge on any atom is -0.493 e. The van der Waals surface area contributed by atoms with E-state index >= 15 is 0 Å². The Morgan fingerprint density at radius 1 is 1.14 bits per heavy atom. The van der Waals surface area contributed by atoms with E-state index in [1.807, 2.05) is 30.3 Å². The third-order valence-electron chi connectivity index (χ3n) is 4.02. The number of para-hydroxylation sites is 1. The third-order valence-corrected chi connectivity index (χ3v) is 4.35. The van der Waals surface area contributed by atoms with Crippen LogP contribution in [0.2, 0.25) is 5.02 Å². The van der Waals surface area contributed by atoms with Crippen molar-refractivity contribution in [1.29, 1.82) is 0 Å². The van der Waals surface area contributed by atoms with Gasteiger partial charge in [0.15, 0.2) is 12.4 Å². The summed E-state index contributed by atoms with van der Waals surface area (Å²) in [7, 11) is 1.46. The van der Waals surface area contributed by atoms with Gasteiger partial charge in [0.05, 0.1) is 29.6 Å². The molecular weight excluding hydrogens is 396 g/mol. The summed E-state index contributed by atoms with van der Waals surface area (Å²) in [6, 6.07) is 16.4. The summed E-state index contributed by atoms with van der Waals surface area (Å²) in [6.07, 6.45) is 1.61. The number of rotatable bonds is 6. The van der Waals surface area contributed by atoms with E-state index in [1.54, 1.807) is 35.1 Å². The molecule has 4 aromatic rings. The van der Waals surface area contributed by atoms with Crippen LogP contribution in [-0.2, 0) is 11.3 Å². The second kappa shape index (κ2) is 8.15. The van der Waals surface area contributed by atoms with E-state index in [4.69, 9.17) is 25.6 Å². The summed E-state index contributed by atoms with van der Waals surface area (Å²) in [6.45, 7) is -0.186. The predicted molar refractivity (Wildman–Crippen MR) is 104 cm³/mol. The molecule has 4 rings (SSSR count).